The summed E-state index contributed by atoms with van der Waals surface area (Å²) < 4.78 is 77.5. The van der Waals surface area contributed by atoms with E-state index in [-0.39, 0.29) is 11.8 Å². The maximum Gasteiger partial charge on any atom is 0.416 e. The second-order valence-corrected chi connectivity index (χ2v) is 7.70. The van der Waals surface area contributed by atoms with Gasteiger partial charge < -0.3 is 5.32 Å². The molecule has 0 unspecified atom stereocenters. The van der Waals surface area contributed by atoms with Crippen LogP contribution in [0.3, 0.4) is 0 Å². The molecule has 168 valence electrons. The number of amides is 1. The average molecular weight is 471 g/mol. The molecule has 0 spiro atoms. The van der Waals surface area contributed by atoms with Gasteiger partial charge in [-0.25, -0.2) is 0 Å². The van der Waals surface area contributed by atoms with E-state index in [0.717, 1.165) is 22.9 Å². The highest BCUT2D eigenvalue weighted by atomic mass is 32.2. The summed E-state index contributed by atoms with van der Waals surface area (Å²) in [5, 5.41) is 10.5. The Hall–Kier alpha value is -3.08. The van der Waals surface area contributed by atoms with Gasteiger partial charge in [-0.05, 0) is 42.8 Å². The van der Waals surface area contributed by atoms with Crippen LogP contribution in [0, 0.1) is 6.92 Å². The van der Waals surface area contributed by atoms with Crippen LogP contribution >= 0.6 is 11.8 Å². The molecule has 1 N–H and O–H groups in total. The quantitative estimate of drug-likeness (QED) is 0.355. The number of hydrogen-bond donors (Lipinski definition) is 1. The summed E-state index contributed by atoms with van der Waals surface area (Å²) in [6.07, 6.45) is -9.99. The Morgan fingerprint density at radius 2 is 1.53 bits per heavy atom. The molecule has 0 aliphatic heterocycles. The van der Waals surface area contributed by atoms with Gasteiger partial charge in [-0.2, -0.15) is 26.3 Å². The van der Waals surface area contributed by atoms with Crippen molar-refractivity contribution in [2.45, 2.75) is 24.3 Å². The van der Waals surface area contributed by atoms with Crippen LogP contribution < -0.4 is 5.32 Å². The maximum atomic E-state index is 12.9. The van der Waals surface area contributed by atoms with E-state index in [0.29, 0.717) is 22.9 Å². The van der Waals surface area contributed by atoms with Crippen molar-refractivity contribution in [1.29, 1.82) is 0 Å². The third-order valence-electron chi connectivity index (χ3n) is 4.28. The van der Waals surface area contributed by atoms with Crippen LogP contribution in [-0.2, 0) is 17.1 Å². The molecule has 0 aliphatic rings. The number of aryl methyl sites for hydroxylation is 1. The highest BCUT2D eigenvalue weighted by Crippen LogP contribution is 2.37. The van der Waals surface area contributed by atoms with E-state index in [9.17, 15) is 31.1 Å². The monoisotopic (exact) mass is 471 g/mol. The number of nitrogens with zero attached hydrogens (tertiary/aromatic N) is 2. The number of halogens is 6. The molecule has 0 fully saturated rings. The zero-order valence-electron chi connectivity index (χ0n) is 16.4. The lowest BCUT2D eigenvalue weighted by Crippen LogP contribution is -2.17. The van der Waals surface area contributed by atoms with Gasteiger partial charge in [0.05, 0.1) is 22.6 Å². The van der Waals surface area contributed by atoms with Gasteiger partial charge in [0.25, 0.3) is 0 Å². The molecule has 1 amide bonds. The number of carbonyl (C=O) groups is 1. The van der Waals surface area contributed by atoms with Gasteiger partial charge in [0.1, 0.15) is 5.03 Å². The van der Waals surface area contributed by atoms with Gasteiger partial charge >= 0.3 is 12.4 Å². The Kier molecular flexibility index (Phi) is 6.77. The van der Waals surface area contributed by atoms with Gasteiger partial charge in [-0.15, -0.1) is 10.2 Å². The Morgan fingerprint density at radius 1 is 0.906 bits per heavy atom. The topological polar surface area (TPSA) is 54.9 Å². The maximum absolute atomic E-state index is 12.9. The molecule has 32 heavy (non-hydrogen) atoms. The van der Waals surface area contributed by atoms with E-state index < -0.39 is 35.1 Å². The third-order valence-corrected chi connectivity index (χ3v) is 5.20. The molecule has 11 heteroatoms. The lowest BCUT2D eigenvalue weighted by atomic mass is 10.1. The summed E-state index contributed by atoms with van der Waals surface area (Å²) in [4.78, 5) is 12.1. The van der Waals surface area contributed by atoms with E-state index in [1.807, 2.05) is 31.2 Å². The number of benzene rings is 2. The SMILES string of the molecule is Cc1ccccc1-c1ccc(SCC(=O)Nc2cc(C(F)(F)F)cc(C(F)(F)F)c2)nn1. The fourth-order valence-corrected chi connectivity index (χ4v) is 3.38. The number of aromatic nitrogens is 2. The van der Waals surface area contributed by atoms with Crippen LogP contribution in [0.5, 0.6) is 0 Å². The first-order valence-corrected chi connectivity index (χ1v) is 10.0. The fourth-order valence-electron chi connectivity index (χ4n) is 2.76. The van der Waals surface area contributed by atoms with Crippen LogP contribution in [0.1, 0.15) is 16.7 Å². The average Bonchev–Trinajstić information content (AvgIpc) is 2.71. The molecule has 0 bridgehead atoms. The summed E-state index contributed by atoms with van der Waals surface area (Å²) >= 11 is 0.945. The second-order valence-electron chi connectivity index (χ2n) is 6.70. The summed E-state index contributed by atoms with van der Waals surface area (Å²) in [5.41, 5.74) is -1.10. The van der Waals surface area contributed by atoms with Crippen molar-refractivity contribution in [3.8, 4) is 11.3 Å². The molecule has 4 nitrogen and oxygen atoms in total. The Morgan fingerprint density at radius 3 is 2.06 bits per heavy atom. The lowest BCUT2D eigenvalue weighted by molar-refractivity contribution is -0.143. The van der Waals surface area contributed by atoms with Crippen LogP contribution in [0.15, 0.2) is 59.6 Å². The normalized spacial score (nSPS) is 12.0. The predicted octanol–water partition coefficient (Wildman–Crippen LogP) is 6.22. The zero-order valence-corrected chi connectivity index (χ0v) is 17.2. The van der Waals surface area contributed by atoms with Gasteiger partial charge in [0.2, 0.25) is 5.91 Å². The first-order valence-electron chi connectivity index (χ1n) is 9.05. The standard InChI is InChI=1S/C21H15F6N3OS/c1-12-4-2-3-5-16(12)17-6-7-19(30-29-17)32-11-18(31)28-15-9-13(20(22,23)24)8-14(10-15)21(25,26)27/h2-10H,11H2,1H3,(H,28,31). The molecule has 0 radical (unpaired) electrons. The molecule has 3 rings (SSSR count). The number of carbonyl (C=O) groups excluding carboxylic acids is 1. The van der Waals surface area contributed by atoms with Gasteiger partial charge in [0.15, 0.2) is 0 Å². The smallest absolute Gasteiger partial charge is 0.325 e. The number of hydrogen-bond acceptors (Lipinski definition) is 4. The van der Waals surface area contributed by atoms with Crippen molar-refractivity contribution in [3.63, 3.8) is 0 Å². The van der Waals surface area contributed by atoms with E-state index >= 15 is 0 Å². The fraction of sp³-hybridized carbons (Fsp3) is 0.190. The van der Waals surface area contributed by atoms with Gasteiger partial charge in [-0.1, -0.05) is 36.0 Å². The molecule has 0 atom stereocenters. The molecule has 0 saturated heterocycles. The van der Waals surface area contributed by atoms with Crippen molar-refractivity contribution in [1.82, 2.24) is 10.2 Å². The highest BCUT2D eigenvalue weighted by Gasteiger charge is 2.37. The molecule has 2 aromatic carbocycles. The summed E-state index contributed by atoms with van der Waals surface area (Å²) in [6, 6.07) is 11.8. The van der Waals surface area contributed by atoms with Crippen LogP contribution in [0.2, 0.25) is 0 Å². The number of nitrogens with one attached hydrogen (secondary N) is 1. The van der Waals surface area contributed by atoms with E-state index in [1.165, 1.54) is 0 Å². The van der Waals surface area contributed by atoms with Crippen molar-refractivity contribution in [3.05, 3.63) is 71.3 Å². The molecule has 0 saturated carbocycles. The summed E-state index contributed by atoms with van der Waals surface area (Å²) in [5.74, 6) is -1.07. The van der Waals surface area contributed by atoms with Crippen LogP contribution in [0.4, 0.5) is 32.0 Å². The molecule has 0 aliphatic carbocycles. The van der Waals surface area contributed by atoms with E-state index in [1.54, 1.807) is 12.1 Å². The second kappa shape index (κ2) is 9.19. The minimum absolute atomic E-state index is 0.00397. The summed E-state index contributed by atoms with van der Waals surface area (Å²) in [6.45, 7) is 1.92. The van der Waals surface area contributed by atoms with Crippen molar-refractivity contribution in [2.24, 2.45) is 0 Å². The third kappa shape index (κ3) is 6.00. The predicted molar refractivity (Wildman–Crippen MR) is 108 cm³/mol. The number of thioether (sulfide) groups is 1. The zero-order chi connectivity index (χ0) is 23.5. The van der Waals surface area contributed by atoms with Gasteiger partial charge in [-0.3, -0.25) is 4.79 Å². The van der Waals surface area contributed by atoms with Crippen LogP contribution in [0.25, 0.3) is 11.3 Å². The minimum Gasteiger partial charge on any atom is -0.325 e. The highest BCUT2D eigenvalue weighted by molar-refractivity contribution is 7.99. The first kappa shape index (κ1) is 23.6. The van der Waals surface area contributed by atoms with Crippen molar-refractivity contribution >= 4 is 23.4 Å². The van der Waals surface area contributed by atoms with Crippen LogP contribution in [-0.4, -0.2) is 21.9 Å². The van der Waals surface area contributed by atoms with Gasteiger partial charge in [0, 0.05) is 11.3 Å². The molecule has 3 aromatic rings. The molecular weight excluding hydrogens is 456 g/mol. The Balaban J connectivity index is 1.68. The minimum atomic E-state index is -5.00. The van der Waals surface area contributed by atoms with E-state index in [4.69, 9.17) is 0 Å². The molecule has 1 aromatic heterocycles. The van der Waals surface area contributed by atoms with Crippen molar-refractivity contribution < 1.29 is 31.1 Å². The number of alkyl halides is 6. The number of anilines is 1. The Bertz CT molecular complexity index is 1080. The molecule has 1 heterocycles. The largest absolute Gasteiger partial charge is 0.416 e. The van der Waals surface area contributed by atoms with E-state index in [2.05, 4.69) is 15.5 Å². The molecular formula is C21H15F6N3OS. The Labute approximate surface area is 183 Å². The number of rotatable bonds is 5. The lowest BCUT2D eigenvalue weighted by Gasteiger charge is -2.14. The van der Waals surface area contributed by atoms with Crippen molar-refractivity contribution in [2.75, 3.05) is 11.1 Å². The summed E-state index contributed by atoms with van der Waals surface area (Å²) in [7, 11) is 0. The first-order chi connectivity index (χ1) is 14.9.